The molecule has 3 rings (SSSR count). The van der Waals surface area contributed by atoms with Crippen molar-refractivity contribution >= 4 is 5.97 Å². The van der Waals surface area contributed by atoms with Gasteiger partial charge < -0.3 is 5.11 Å². The first-order valence-corrected chi connectivity index (χ1v) is 8.72. The number of carboxylic acid groups (broad SMARTS) is 1. The van der Waals surface area contributed by atoms with Crippen LogP contribution in [-0.4, -0.2) is 38.3 Å². The Kier molecular flexibility index (Phi) is 5.64. The second-order valence-electron chi connectivity index (χ2n) is 6.57. The molecule has 1 aliphatic rings. The van der Waals surface area contributed by atoms with Gasteiger partial charge in [-0.1, -0.05) is 30.7 Å². The number of rotatable bonds is 7. The van der Waals surface area contributed by atoms with Gasteiger partial charge in [0, 0.05) is 31.4 Å². The molecule has 1 N–H and O–H groups in total. The Morgan fingerprint density at radius 1 is 1.17 bits per heavy atom. The number of nitrogens with zero attached hydrogens (tertiary/aromatic N) is 3. The van der Waals surface area contributed by atoms with E-state index in [9.17, 15) is 4.79 Å². The van der Waals surface area contributed by atoms with Gasteiger partial charge in [-0.2, -0.15) is 5.10 Å². The molecule has 1 saturated heterocycles. The topological polar surface area (TPSA) is 58.4 Å². The molecule has 5 heteroatoms. The van der Waals surface area contributed by atoms with Crippen LogP contribution in [0, 0.1) is 0 Å². The van der Waals surface area contributed by atoms with Crippen molar-refractivity contribution in [3.05, 3.63) is 53.9 Å². The molecule has 0 saturated carbocycles. The fourth-order valence-electron chi connectivity index (χ4n) is 3.45. The number of benzene rings is 1. The minimum Gasteiger partial charge on any atom is -0.481 e. The number of aliphatic carboxylic acids is 1. The Morgan fingerprint density at radius 2 is 1.92 bits per heavy atom. The van der Waals surface area contributed by atoms with Crippen molar-refractivity contribution in [1.82, 2.24) is 14.7 Å². The van der Waals surface area contributed by atoms with Crippen LogP contribution in [0.4, 0.5) is 0 Å². The maximum absolute atomic E-state index is 10.8. The van der Waals surface area contributed by atoms with E-state index in [1.165, 1.54) is 24.0 Å². The first-order chi connectivity index (χ1) is 11.7. The number of hydrogen-bond acceptors (Lipinski definition) is 3. The van der Waals surface area contributed by atoms with Crippen LogP contribution in [0.15, 0.2) is 42.7 Å². The van der Waals surface area contributed by atoms with Crippen molar-refractivity contribution in [1.29, 1.82) is 0 Å². The fourth-order valence-corrected chi connectivity index (χ4v) is 3.45. The van der Waals surface area contributed by atoms with Crippen LogP contribution >= 0.6 is 0 Å². The number of aromatic nitrogens is 2. The van der Waals surface area contributed by atoms with Gasteiger partial charge in [0.15, 0.2) is 0 Å². The normalized spacial score (nSPS) is 18.6. The number of carboxylic acids is 1. The average Bonchev–Trinajstić information content (AvgIpc) is 3.09. The minimum absolute atomic E-state index is 0.268. The van der Waals surface area contributed by atoms with Crippen LogP contribution in [0.5, 0.6) is 0 Å². The van der Waals surface area contributed by atoms with Crippen LogP contribution in [0.2, 0.25) is 0 Å². The Bertz CT molecular complexity index is 637. The van der Waals surface area contributed by atoms with E-state index in [1.54, 1.807) is 6.20 Å². The number of carbonyl (C=O) groups is 1. The number of piperidine rings is 1. The van der Waals surface area contributed by atoms with Gasteiger partial charge in [-0.25, -0.2) is 0 Å². The van der Waals surface area contributed by atoms with Crippen molar-refractivity contribution < 1.29 is 9.90 Å². The summed E-state index contributed by atoms with van der Waals surface area (Å²) in [6.45, 7) is 2.77. The van der Waals surface area contributed by atoms with Crippen molar-refractivity contribution in [3.8, 4) is 0 Å². The first-order valence-electron chi connectivity index (χ1n) is 8.72. The smallest absolute Gasteiger partial charge is 0.303 e. The zero-order valence-electron chi connectivity index (χ0n) is 14.0. The quantitative estimate of drug-likeness (QED) is 0.849. The van der Waals surface area contributed by atoms with E-state index in [0.717, 1.165) is 32.5 Å². The summed E-state index contributed by atoms with van der Waals surface area (Å²) >= 11 is 0. The van der Waals surface area contributed by atoms with E-state index >= 15 is 0 Å². The van der Waals surface area contributed by atoms with Crippen molar-refractivity contribution in [2.75, 3.05) is 6.54 Å². The molecular weight excluding hydrogens is 302 g/mol. The molecule has 0 unspecified atom stereocenters. The lowest BCUT2D eigenvalue weighted by Gasteiger charge is -2.35. The molecule has 2 heterocycles. The largest absolute Gasteiger partial charge is 0.481 e. The van der Waals surface area contributed by atoms with Gasteiger partial charge in [0.25, 0.3) is 0 Å². The summed E-state index contributed by atoms with van der Waals surface area (Å²) in [4.78, 5) is 13.3. The monoisotopic (exact) mass is 327 g/mol. The molecule has 128 valence electrons. The molecule has 0 amide bonds. The summed E-state index contributed by atoms with van der Waals surface area (Å²) in [5, 5.41) is 13.2. The second-order valence-corrected chi connectivity index (χ2v) is 6.57. The summed E-state index contributed by atoms with van der Waals surface area (Å²) in [6, 6.07) is 11.0. The van der Waals surface area contributed by atoms with E-state index in [2.05, 4.69) is 34.3 Å². The summed E-state index contributed by atoms with van der Waals surface area (Å²) in [5.74, 6) is -0.691. The molecule has 2 aromatic rings. The highest BCUT2D eigenvalue weighted by Crippen LogP contribution is 2.23. The molecule has 24 heavy (non-hydrogen) atoms. The van der Waals surface area contributed by atoms with Crippen LogP contribution in [0.3, 0.4) is 0 Å². The molecule has 0 radical (unpaired) electrons. The van der Waals surface area contributed by atoms with E-state index in [4.69, 9.17) is 5.11 Å². The van der Waals surface area contributed by atoms with E-state index < -0.39 is 5.97 Å². The van der Waals surface area contributed by atoms with Gasteiger partial charge in [-0.3, -0.25) is 14.4 Å². The van der Waals surface area contributed by atoms with Crippen LogP contribution in [0.25, 0.3) is 0 Å². The van der Waals surface area contributed by atoms with Crippen molar-refractivity contribution in [3.63, 3.8) is 0 Å². The molecule has 0 spiro atoms. The molecule has 1 atom stereocenters. The first kappa shape index (κ1) is 16.7. The summed E-state index contributed by atoms with van der Waals surface area (Å²) < 4.78 is 1.92. The van der Waals surface area contributed by atoms with Crippen molar-refractivity contribution in [2.24, 2.45) is 0 Å². The SMILES string of the molecule is O=C(O)CC[C@@H]1CCCCN1Cc1ccc(Cn2cccn2)cc1. The molecular formula is C19H25N3O2. The molecule has 1 aromatic carbocycles. The van der Waals surface area contributed by atoms with Gasteiger partial charge in [-0.05, 0) is 43.0 Å². The predicted octanol–water partition coefficient (Wildman–Crippen LogP) is 3.15. The molecule has 5 nitrogen and oxygen atoms in total. The summed E-state index contributed by atoms with van der Waals surface area (Å²) in [5.41, 5.74) is 2.53. The predicted molar refractivity (Wildman–Crippen MR) is 92.7 cm³/mol. The Labute approximate surface area is 142 Å². The van der Waals surface area contributed by atoms with Gasteiger partial charge in [0.1, 0.15) is 0 Å². The van der Waals surface area contributed by atoms with E-state index in [1.807, 2.05) is 16.9 Å². The molecule has 0 bridgehead atoms. The lowest BCUT2D eigenvalue weighted by molar-refractivity contribution is -0.137. The number of likely N-dealkylation sites (tertiary alicyclic amines) is 1. The molecule has 1 fully saturated rings. The zero-order valence-corrected chi connectivity index (χ0v) is 14.0. The fraction of sp³-hybridized carbons (Fsp3) is 0.474. The van der Waals surface area contributed by atoms with Crippen LogP contribution < -0.4 is 0 Å². The Morgan fingerprint density at radius 3 is 2.58 bits per heavy atom. The van der Waals surface area contributed by atoms with E-state index in [-0.39, 0.29) is 6.42 Å². The maximum Gasteiger partial charge on any atom is 0.303 e. The molecule has 1 aliphatic heterocycles. The third-order valence-electron chi connectivity index (χ3n) is 4.75. The average molecular weight is 327 g/mol. The minimum atomic E-state index is -0.691. The van der Waals surface area contributed by atoms with Crippen LogP contribution in [0.1, 0.15) is 43.2 Å². The van der Waals surface area contributed by atoms with Gasteiger partial charge in [0.05, 0.1) is 6.54 Å². The Balaban J connectivity index is 1.58. The third kappa shape index (κ3) is 4.68. The third-order valence-corrected chi connectivity index (χ3v) is 4.75. The lowest BCUT2D eigenvalue weighted by atomic mass is 9.97. The highest BCUT2D eigenvalue weighted by atomic mass is 16.4. The zero-order chi connectivity index (χ0) is 16.8. The van der Waals surface area contributed by atoms with Gasteiger partial charge in [-0.15, -0.1) is 0 Å². The highest BCUT2D eigenvalue weighted by molar-refractivity contribution is 5.66. The second kappa shape index (κ2) is 8.11. The standard InChI is InChI=1S/C19H25N3O2/c23-19(24)10-9-18-4-1-2-12-21(18)14-16-5-7-17(8-6-16)15-22-13-3-11-20-22/h3,5-8,11,13,18H,1-2,4,9-10,12,14-15H2,(H,23,24)/t18-/m0/s1. The maximum atomic E-state index is 10.8. The van der Waals surface area contributed by atoms with Crippen molar-refractivity contribution in [2.45, 2.75) is 51.2 Å². The number of hydrogen-bond donors (Lipinski definition) is 1. The van der Waals surface area contributed by atoms with E-state index in [0.29, 0.717) is 6.04 Å². The summed E-state index contributed by atoms with van der Waals surface area (Å²) in [7, 11) is 0. The lowest BCUT2D eigenvalue weighted by Crippen LogP contribution is -2.39. The molecule has 0 aliphatic carbocycles. The molecule has 1 aromatic heterocycles. The summed E-state index contributed by atoms with van der Waals surface area (Å²) in [6.07, 6.45) is 8.32. The van der Waals surface area contributed by atoms with Gasteiger partial charge in [0.2, 0.25) is 0 Å². The highest BCUT2D eigenvalue weighted by Gasteiger charge is 2.22. The van der Waals surface area contributed by atoms with Crippen LogP contribution in [-0.2, 0) is 17.9 Å². The van der Waals surface area contributed by atoms with Gasteiger partial charge >= 0.3 is 5.97 Å². The Hall–Kier alpha value is -2.14.